The fraction of sp³-hybridized carbons (Fsp3) is 0.421. The quantitative estimate of drug-likeness (QED) is 0.765. The van der Waals surface area contributed by atoms with Crippen LogP contribution in [-0.2, 0) is 16.6 Å². The van der Waals surface area contributed by atoms with Crippen molar-refractivity contribution in [2.24, 2.45) is 7.05 Å². The van der Waals surface area contributed by atoms with E-state index in [0.29, 0.717) is 15.8 Å². The number of anilines is 1. The topological polar surface area (TPSA) is 73.2 Å². The zero-order valence-corrected chi connectivity index (χ0v) is 17.4. The van der Waals surface area contributed by atoms with Gasteiger partial charge in [-0.3, -0.25) is 9.48 Å². The average molecular weight is 406 g/mol. The molecule has 1 aliphatic heterocycles. The van der Waals surface area contributed by atoms with E-state index < -0.39 is 12.1 Å². The molecule has 1 atom stereocenters. The number of ether oxygens (including phenoxy) is 1. The first-order chi connectivity index (χ1) is 12.9. The lowest BCUT2D eigenvalue weighted by Crippen LogP contribution is -2.30. The lowest BCUT2D eigenvalue weighted by atomic mass is 10.1. The summed E-state index contributed by atoms with van der Waals surface area (Å²) in [4.78, 5) is 24.7. The minimum atomic E-state index is -0.905. The van der Waals surface area contributed by atoms with Gasteiger partial charge in [0.15, 0.2) is 6.10 Å². The second kappa shape index (κ2) is 8.39. The third-order valence-electron chi connectivity index (χ3n) is 4.45. The van der Waals surface area contributed by atoms with Crippen LogP contribution in [0.4, 0.5) is 5.69 Å². The molecule has 1 aliphatic rings. The molecular formula is C19H23N3O3S2. The summed E-state index contributed by atoms with van der Waals surface area (Å²) in [5.74, 6) is 1.43. The van der Waals surface area contributed by atoms with Gasteiger partial charge in [-0.2, -0.15) is 5.10 Å². The number of thioether (sulfide) groups is 2. The summed E-state index contributed by atoms with van der Waals surface area (Å²) in [5, 5.41) is 7.06. The molecule has 3 rings (SSSR count). The minimum absolute atomic E-state index is 0.377. The highest BCUT2D eigenvalue weighted by Crippen LogP contribution is 2.45. The number of benzene rings is 1. The number of carbonyl (C=O) groups is 2. The molecule has 0 saturated carbocycles. The number of nitrogens with one attached hydrogen (secondary N) is 1. The SMILES string of the molecule is Cc1nn(C)c(C)c1NC(=O)[C@@H](C)OC(=O)c1ccc(C2SCCS2)cc1. The third-order valence-corrected chi connectivity index (χ3v) is 7.55. The Hall–Kier alpha value is -1.93. The van der Waals surface area contributed by atoms with Gasteiger partial charge >= 0.3 is 5.97 Å². The van der Waals surface area contributed by atoms with Gasteiger partial charge in [0.05, 0.1) is 27.2 Å². The monoisotopic (exact) mass is 405 g/mol. The predicted octanol–water partition coefficient (Wildman–Crippen LogP) is 3.70. The highest BCUT2D eigenvalue weighted by atomic mass is 32.2. The van der Waals surface area contributed by atoms with Crippen LogP contribution in [0.1, 0.15) is 38.8 Å². The summed E-state index contributed by atoms with van der Waals surface area (Å²) < 4.78 is 7.47. The Morgan fingerprint density at radius 1 is 1.22 bits per heavy atom. The van der Waals surface area contributed by atoms with E-state index in [1.165, 1.54) is 5.56 Å². The maximum Gasteiger partial charge on any atom is 0.338 e. The molecule has 1 aromatic heterocycles. The molecule has 8 heteroatoms. The number of esters is 1. The molecule has 0 unspecified atom stereocenters. The Morgan fingerprint density at radius 2 is 1.85 bits per heavy atom. The van der Waals surface area contributed by atoms with Gasteiger partial charge in [0.1, 0.15) is 0 Å². The number of aryl methyl sites for hydroxylation is 2. The number of aromatic nitrogens is 2. The van der Waals surface area contributed by atoms with Gasteiger partial charge in [-0.1, -0.05) is 12.1 Å². The third kappa shape index (κ3) is 4.50. The van der Waals surface area contributed by atoms with Gasteiger partial charge in [0, 0.05) is 18.6 Å². The molecule has 0 bridgehead atoms. The lowest BCUT2D eigenvalue weighted by Gasteiger charge is -2.14. The molecule has 0 spiro atoms. The molecule has 2 heterocycles. The van der Waals surface area contributed by atoms with Gasteiger partial charge in [-0.05, 0) is 38.5 Å². The maximum absolute atomic E-state index is 12.4. The highest BCUT2D eigenvalue weighted by molar-refractivity contribution is 8.19. The summed E-state index contributed by atoms with van der Waals surface area (Å²) in [6.45, 7) is 5.25. The molecular weight excluding hydrogens is 382 g/mol. The second-order valence-corrected chi connectivity index (χ2v) is 9.13. The van der Waals surface area contributed by atoms with Crippen molar-refractivity contribution < 1.29 is 14.3 Å². The maximum atomic E-state index is 12.4. The molecule has 2 aromatic rings. The Morgan fingerprint density at radius 3 is 2.41 bits per heavy atom. The summed E-state index contributed by atoms with van der Waals surface area (Å²) in [6.07, 6.45) is -0.905. The minimum Gasteiger partial charge on any atom is -0.449 e. The smallest absolute Gasteiger partial charge is 0.338 e. The van der Waals surface area contributed by atoms with Crippen LogP contribution < -0.4 is 5.32 Å². The van der Waals surface area contributed by atoms with Gasteiger partial charge in [0.25, 0.3) is 5.91 Å². The van der Waals surface area contributed by atoms with Crippen molar-refractivity contribution in [3.8, 4) is 0 Å². The van der Waals surface area contributed by atoms with Crippen molar-refractivity contribution in [1.29, 1.82) is 0 Å². The van der Waals surface area contributed by atoms with E-state index in [1.54, 1.807) is 23.7 Å². The normalized spacial score (nSPS) is 15.6. The first-order valence-electron chi connectivity index (χ1n) is 8.72. The Bertz CT molecular complexity index is 843. The van der Waals surface area contributed by atoms with Crippen LogP contribution >= 0.6 is 23.5 Å². The van der Waals surface area contributed by atoms with E-state index in [4.69, 9.17) is 4.74 Å². The van der Waals surface area contributed by atoms with Crippen molar-refractivity contribution in [3.05, 3.63) is 46.8 Å². The van der Waals surface area contributed by atoms with E-state index in [1.807, 2.05) is 56.6 Å². The Balaban J connectivity index is 1.60. The number of rotatable bonds is 5. The molecule has 1 saturated heterocycles. The van der Waals surface area contributed by atoms with Crippen LogP contribution in [0.2, 0.25) is 0 Å². The van der Waals surface area contributed by atoms with Crippen LogP contribution in [-0.4, -0.2) is 39.3 Å². The van der Waals surface area contributed by atoms with Crippen molar-refractivity contribution in [2.75, 3.05) is 16.8 Å². The lowest BCUT2D eigenvalue weighted by molar-refractivity contribution is -0.123. The van der Waals surface area contributed by atoms with Crippen molar-refractivity contribution in [3.63, 3.8) is 0 Å². The first kappa shape index (κ1) is 19.8. The zero-order chi connectivity index (χ0) is 19.6. The van der Waals surface area contributed by atoms with Crippen molar-refractivity contribution >= 4 is 41.1 Å². The summed E-state index contributed by atoms with van der Waals surface area (Å²) in [7, 11) is 1.81. The summed E-state index contributed by atoms with van der Waals surface area (Å²) in [6, 6.07) is 7.44. The Labute approximate surface area is 167 Å². The number of nitrogens with zero attached hydrogens (tertiary/aromatic N) is 2. The average Bonchev–Trinajstić information content (AvgIpc) is 3.26. The first-order valence-corrected chi connectivity index (χ1v) is 10.8. The van der Waals surface area contributed by atoms with Crippen LogP contribution in [0.5, 0.6) is 0 Å². The van der Waals surface area contributed by atoms with Crippen LogP contribution in [0.25, 0.3) is 0 Å². The number of amides is 1. The van der Waals surface area contributed by atoms with Crippen LogP contribution in [0.3, 0.4) is 0 Å². The van der Waals surface area contributed by atoms with Gasteiger partial charge in [0.2, 0.25) is 0 Å². The fourth-order valence-corrected chi connectivity index (χ4v) is 5.65. The largest absolute Gasteiger partial charge is 0.449 e. The molecule has 1 amide bonds. The number of carbonyl (C=O) groups excluding carboxylic acids is 2. The summed E-state index contributed by atoms with van der Waals surface area (Å²) in [5.41, 5.74) is 3.87. The van der Waals surface area contributed by atoms with E-state index in [-0.39, 0.29) is 5.91 Å². The van der Waals surface area contributed by atoms with E-state index >= 15 is 0 Å². The van der Waals surface area contributed by atoms with Crippen molar-refractivity contribution in [2.45, 2.75) is 31.5 Å². The zero-order valence-electron chi connectivity index (χ0n) is 15.8. The van der Waals surface area contributed by atoms with Gasteiger partial charge < -0.3 is 10.1 Å². The fourth-order valence-electron chi connectivity index (χ4n) is 2.79. The molecule has 1 aromatic carbocycles. The Kier molecular flexibility index (Phi) is 6.16. The second-order valence-electron chi connectivity index (χ2n) is 6.40. The number of hydrogen-bond donors (Lipinski definition) is 1. The van der Waals surface area contributed by atoms with E-state index in [9.17, 15) is 9.59 Å². The molecule has 0 aliphatic carbocycles. The van der Waals surface area contributed by atoms with Crippen molar-refractivity contribution in [1.82, 2.24) is 9.78 Å². The van der Waals surface area contributed by atoms with Crippen LogP contribution in [0.15, 0.2) is 24.3 Å². The molecule has 1 fully saturated rings. The van der Waals surface area contributed by atoms with Crippen LogP contribution in [0, 0.1) is 13.8 Å². The highest BCUT2D eigenvalue weighted by Gasteiger charge is 2.22. The standard InChI is InChI=1S/C19H23N3O3S2/c1-11-16(12(2)22(4)21-11)20-17(23)13(3)25-18(24)14-5-7-15(8-6-14)19-26-9-10-27-19/h5-8,13,19H,9-10H2,1-4H3,(H,20,23)/t13-/m1/s1. The summed E-state index contributed by atoms with van der Waals surface area (Å²) >= 11 is 3.83. The van der Waals surface area contributed by atoms with Gasteiger partial charge in [-0.25, -0.2) is 4.79 Å². The molecule has 1 N–H and O–H groups in total. The van der Waals surface area contributed by atoms with E-state index in [2.05, 4.69) is 10.4 Å². The molecule has 6 nitrogen and oxygen atoms in total. The molecule has 144 valence electrons. The number of hydrogen-bond acceptors (Lipinski definition) is 6. The van der Waals surface area contributed by atoms with Gasteiger partial charge in [-0.15, -0.1) is 23.5 Å². The predicted molar refractivity (Wildman–Crippen MR) is 110 cm³/mol. The molecule has 0 radical (unpaired) electrons. The van der Waals surface area contributed by atoms with E-state index in [0.717, 1.165) is 22.9 Å². The molecule has 27 heavy (non-hydrogen) atoms.